The van der Waals surface area contributed by atoms with Gasteiger partial charge in [0, 0.05) is 0 Å². The third-order valence-electron chi connectivity index (χ3n) is 1.42. The van der Waals surface area contributed by atoms with E-state index in [-0.39, 0.29) is 0 Å². The lowest BCUT2D eigenvalue weighted by Crippen LogP contribution is -2.08. The van der Waals surface area contributed by atoms with Crippen LogP contribution in [0.5, 0.6) is 0 Å². The van der Waals surface area contributed by atoms with Gasteiger partial charge >= 0.3 is 7.82 Å². The standard InChI is InChI=1S/C8H6N4.H3O4P/c9-4-6-1-2-8(12-11)7(3-6)5-10;1-5(2,3)4/h1-3,12H,11H2;(H3,1,2,3,4). The molecular formula is C8H9N4O4P. The highest BCUT2D eigenvalue weighted by Crippen LogP contribution is 2.25. The van der Waals surface area contributed by atoms with Crippen molar-refractivity contribution in [3.05, 3.63) is 29.3 Å². The average Bonchev–Trinajstić information content (AvgIpc) is 2.25. The Hall–Kier alpha value is -1.93. The number of nitrogens with zero attached hydrogens (tertiary/aromatic N) is 2. The number of benzene rings is 1. The van der Waals surface area contributed by atoms with E-state index in [1.165, 1.54) is 6.07 Å². The minimum Gasteiger partial charge on any atom is -0.323 e. The van der Waals surface area contributed by atoms with Crippen molar-refractivity contribution in [1.29, 1.82) is 10.5 Å². The first kappa shape index (κ1) is 15.1. The van der Waals surface area contributed by atoms with Crippen molar-refractivity contribution in [3.63, 3.8) is 0 Å². The maximum absolute atomic E-state index is 8.88. The molecule has 0 aliphatic carbocycles. The Morgan fingerprint density at radius 1 is 1.24 bits per heavy atom. The molecule has 0 atom stereocenters. The molecule has 8 nitrogen and oxygen atoms in total. The van der Waals surface area contributed by atoms with Crippen LogP contribution in [-0.4, -0.2) is 14.7 Å². The van der Waals surface area contributed by atoms with Crippen LogP contribution in [-0.2, 0) is 4.57 Å². The van der Waals surface area contributed by atoms with E-state index in [0.29, 0.717) is 16.8 Å². The fourth-order valence-electron chi connectivity index (χ4n) is 0.832. The number of anilines is 1. The Labute approximate surface area is 96.7 Å². The molecular weight excluding hydrogens is 247 g/mol. The molecule has 0 unspecified atom stereocenters. The van der Waals surface area contributed by atoms with Gasteiger partial charge < -0.3 is 20.1 Å². The third-order valence-corrected chi connectivity index (χ3v) is 1.42. The summed E-state index contributed by atoms with van der Waals surface area (Å²) >= 11 is 0. The highest BCUT2D eigenvalue weighted by molar-refractivity contribution is 7.45. The van der Waals surface area contributed by atoms with E-state index in [4.69, 9.17) is 35.6 Å². The number of hydrazine groups is 1. The smallest absolute Gasteiger partial charge is 0.323 e. The predicted octanol–water partition coefficient (Wildman–Crippen LogP) is -0.213. The maximum atomic E-state index is 8.88. The number of rotatable bonds is 1. The molecule has 9 heteroatoms. The normalized spacial score (nSPS) is 9.29. The highest BCUT2D eigenvalue weighted by atomic mass is 31.2. The van der Waals surface area contributed by atoms with Crippen molar-refractivity contribution in [3.8, 4) is 12.1 Å². The first-order chi connectivity index (χ1) is 7.81. The lowest BCUT2D eigenvalue weighted by Gasteiger charge is -2.00. The van der Waals surface area contributed by atoms with Crippen LogP contribution >= 0.6 is 7.82 Å². The fourth-order valence-corrected chi connectivity index (χ4v) is 0.832. The van der Waals surface area contributed by atoms with Gasteiger partial charge in [0.05, 0.1) is 22.9 Å². The number of nitrogens with one attached hydrogen (secondary N) is 1. The molecule has 0 aromatic heterocycles. The zero-order chi connectivity index (χ0) is 13.5. The van der Waals surface area contributed by atoms with Crippen LogP contribution in [0.15, 0.2) is 18.2 Å². The molecule has 0 fully saturated rings. The highest BCUT2D eigenvalue weighted by Gasteiger charge is 2.00. The molecule has 90 valence electrons. The molecule has 1 aromatic carbocycles. The fraction of sp³-hybridized carbons (Fsp3) is 0. The third kappa shape index (κ3) is 7.03. The summed E-state index contributed by atoms with van der Waals surface area (Å²) < 4.78 is 8.88. The summed E-state index contributed by atoms with van der Waals surface area (Å²) in [5, 5.41) is 17.1. The van der Waals surface area contributed by atoms with Gasteiger partial charge in [-0.2, -0.15) is 10.5 Å². The summed E-state index contributed by atoms with van der Waals surface area (Å²) in [6.07, 6.45) is 0. The van der Waals surface area contributed by atoms with Gasteiger partial charge in [-0.25, -0.2) is 4.57 Å². The van der Waals surface area contributed by atoms with Gasteiger partial charge in [-0.3, -0.25) is 5.84 Å². The van der Waals surface area contributed by atoms with E-state index in [2.05, 4.69) is 5.43 Å². The first-order valence-corrected chi connectivity index (χ1v) is 5.57. The number of nitriles is 2. The molecule has 0 spiro atoms. The number of nitrogen functional groups attached to an aromatic ring is 1. The van der Waals surface area contributed by atoms with Crippen LogP contribution in [0.4, 0.5) is 5.69 Å². The van der Waals surface area contributed by atoms with Crippen molar-refractivity contribution in [2.24, 2.45) is 5.84 Å². The molecule has 0 aliphatic rings. The van der Waals surface area contributed by atoms with Crippen molar-refractivity contribution in [1.82, 2.24) is 0 Å². The minimum absolute atomic E-state index is 0.372. The Kier molecular flexibility index (Phi) is 5.86. The quantitative estimate of drug-likeness (QED) is 0.261. The second-order valence-electron chi connectivity index (χ2n) is 2.64. The molecule has 1 aromatic rings. The second kappa shape index (κ2) is 6.61. The zero-order valence-electron chi connectivity index (χ0n) is 8.40. The summed E-state index contributed by atoms with van der Waals surface area (Å²) in [4.78, 5) is 21.6. The first-order valence-electron chi connectivity index (χ1n) is 4.01. The SMILES string of the molecule is N#Cc1ccc(NN)c(C#N)c1.O=P(O)(O)O. The number of phosphoric acid groups is 1. The molecule has 1 rings (SSSR count). The predicted molar refractivity (Wildman–Crippen MR) is 57.9 cm³/mol. The van der Waals surface area contributed by atoms with E-state index >= 15 is 0 Å². The second-order valence-corrected chi connectivity index (χ2v) is 3.67. The van der Waals surface area contributed by atoms with Gasteiger partial charge in [0.2, 0.25) is 0 Å². The van der Waals surface area contributed by atoms with E-state index in [1.54, 1.807) is 12.1 Å². The van der Waals surface area contributed by atoms with E-state index in [9.17, 15) is 0 Å². The van der Waals surface area contributed by atoms with E-state index in [1.807, 2.05) is 12.1 Å². The van der Waals surface area contributed by atoms with Gasteiger partial charge in [0.15, 0.2) is 0 Å². The van der Waals surface area contributed by atoms with Crippen molar-refractivity contribution >= 4 is 13.5 Å². The van der Waals surface area contributed by atoms with Gasteiger partial charge in [-0.15, -0.1) is 0 Å². The monoisotopic (exact) mass is 256 g/mol. The van der Waals surface area contributed by atoms with Gasteiger partial charge in [0.25, 0.3) is 0 Å². The molecule has 0 bridgehead atoms. The van der Waals surface area contributed by atoms with Crippen LogP contribution < -0.4 is 11.3 Å². The van der Waals surface area contributed by atoms with Crippen molar-refractivity contribution in [2.75, 3.05) is 5.43 Å². The van der Waals surface area contributed by atoms with Crippen LogP contribution in [0.25, 0.3) is 0 Å². The Bertz CT molecular complexity index is 505. The number of hydrogen-bond donors (Lipinski definition) is 5. The molecule has 6 N–H and O–H groups in total. The molecule has 0 radical (unpaired) electrons. The van der Waals surface area contributed by atoms with Gasteiger partial charge in [-0.1, -0.05) is 0 Å². The molecule has 0 amide bonds. The van der Waals surface area contributed by atoms with Crippen LogP contribution in [0.3, 0.4) is 0 Å². The van der Waals surface area contributed by atoms with Gasteiger partial charge in [0.1, 0.15) is 6.07 Å². The van der Waals surface area contributed by atoms with Crippen molar-refractivity contribution < 1.29 is 19.2 Å². The summed E-state index contributed by atoms with van der Waals surface area (Å²) in [6, 6.07) is 8.53. The Morgan fingerprint density at radius 3 is 2.12 bits per heavy atom. The largest absolute Gasteiger partial charge is 0.466 e. The molecule has 0 heterocycles. The molecule has 0 aliphatic heterocycles. The number of nitrogens with two attached hydrogens (primary N) is 1. The van der Waals surface area contributed by atoms with Gasteiger partial charge in [-0.05, 0) is 18.2 Å². The Balaban J connectivity index is 0.000000437. The van der Waals surface area contributed by atoms with Crippen LogP contribution in [0.1, 0.15) is 11.1 Å². The topological polar surface area (TPSA) is 163 Å². The average molecular weight is 256 g/mol. The molecule has 0 saturated carbocycles. The van der Waals surface area contributed by atoms with E-state index in [0.717, 1.165) is 0 Å². The minimum atomic E-state index is -4.64. The molecule has 0 saturated heterocycles. The number of hydrogen-bond acceptors (Lipinski definition) is 5. The maximum Gasteiger partial charge on any atom is 0.466 e. The summed E-state index contributed by atoms with van der Waals surface area (Å²) in [5.74, 6) is 5.13. The Morgan fingerprint density at radius 2 is 1.76 bits per heavy atom. The summed E-state index contributed by atoms with van der Waals surface area (Å²) in [5.41, 5.74) is 3.71. The summed E-state index contributed by atoms with van der Waals surface area (Å²) in [6.45, 7) is 0. The van der Waals surface area contributed by atoms with Crippen molar-refractivity contribution in [2.45, 2.75) is 0 Å². The lowest BCUT2D eigenvalue weighted by atomic mass is 10.1. The zero-order valence-corrected chi connectivity index (χ0v) is 9.30. The van der Waals surface area contributed by atoms with Crippen LogP contribution in [0, 0.1) is 22.7 Å². The lowest BCUT2D eigenvalue weighted by molar-refractivity contribution is 0.275. The molecule has 17 heavy (non-hydrogen) atoms. The van der Waals surface area contributed by atoms with E-state index < -0.39 is 7.82 Å². The van der Waals surface area contributed by atoms with Crippen LogP contribution in [0.2, 0.25) is 0 Å². The summed E-state index contributed by atoms with van der Waals surface area (Å²) in [7, 11) is -4.64.